The van der Waals surface area contributed by atoms with Gasteiger partial charge in [0, 0.05) is 61.2 Å². The van der Waals surface area contributed by atoms with Gasteiger partial charge in [-0.1, -0.05) is 6.07 Å². The maximum absolute atomic E-state index is 11.2. The average Bonchev–Trinajstić information content (AvgIpc) is 3.51. The van der Waals surface area contributed by atoms with E-state index in [0.717, 1.165) is 47.5 Å². The summed E-state index contributed by atoms with van der Waals surface area (Å²) in [6, 6.07) is 6.26. The third-order valence-corrected chi connectivity index (χ3v) is 7.81. The van der Waals surface area contributed by atoms with Crippen LogP contribution in [0.1, 0.15) is 48.3 Å². The topological polar surface area (TPSA) is 150 Å². The van der Waals surface area contributed by atoms with E-state index in [1.807, 2.05) is 29.3 Å². The molecule has 2 aliphatic rings. The summed E-state index contributed by atoms with van der Waals surface area (Å²) in [5.74, 6) is -0.157. The van der Waals surface area contributed by atoms with Gasteiger partial charge in [-0.25, -0.2) is 9.78 Å². The number of carboxylic acids is 1. The number of aromatic nitrogens is 3. The van der Waals surface area contributed by atoms with E-state index in [1.165, 1.54) is 11.3 Å². The molecular formula is C28H37N5O6S. The molecule has 0 atom stereocenters. The van der Waals surface area contributed by atoms with Crippen LogP contribution in [0.15, 0.2) is 30.6 Å². The molecule has 1 fully saturated rings. The van der Waals surface area contributed by atoms with Crippen molar-refractivity contribution >= 4 is 23.2 Å². The highest BCUT2D eigenvalue weighted by Gasteiger charge is 2.23. The minimum absolute atomic E-state index is 0.102. The van der Waals surface area contributed by atoms with Gasteiger partial charge in [-0.15, -0.1) is 11.3 Å². The molecule has 5 rings (SSSR count). The van der Waals surface area contributed by atoms with Gasteiger partial charge in [0.1, 0.15) is 5.75 Å². The Hall–Kier alpha value is -3.32. The zero-order valence-corrected chi connectivity index (χ0v) is 23.9. The van der Waals surface area contributed by atoms with Crippen molar-refractivity contribution in [2.45, 2.75) is 58.2 Å². The van der Waals surface area contributed by atoms with Gasteiger partial charge in [-0.05, 0) is 44.4 Å². The van der Waals surface area contributed by atoms with Crippen LogP contribution in [0, 0.1) is 0 Å². The fourth-order valence-electron chi connectivity index (χ4n) is 4.76. The monoisotopic (exact) mass is 571 g/mol. The summed E-state index contributed by atoms with van der Waals surface area (Å²) < 4.78 is 7.60. The van der Waals surface area contributed by atoms with E-state index in [-0.39, 0.29) is 17.5 Å². The van der Waals surface area contributed by atoms with Crippen molar-refractivity contribution in [2.75, 3.05) is 32.8 Å². The number of aliphatic hydroxyl groups is 2. The van der Waals surface area contributed by atoms with Gasteiger partial charge in [0.15, 0.2) is 0 Å². The highest BCUT2D eigenvalue weighted by Crippen LogP contribution is 2.39. The quantitative estimate of drug-likeness (QED) is 0.336. The standard InChI is InChI=1S/C19H19N3O4S.C9H18N2O2/c1-19(2,25)10-22-9-12(8-20-22)11-3-4-13-14(7-11)26-6-5-15-16(13)21-17(27-15)18(23)24;1-8(13)11-5-2-9(3-6-11)10-4-7-12/h3-4,7-9,25H,5-6,10H2,1-2H3,(H,23,24);9-10,12H,2-7H2,1H3. The molecule has 0 unspecified atom stereocenters. The summed E-state index contributed by atoms with van der Waals surface area (Å²) in [6.07, 6.45) is 6.27. The molecule has 1 amide bonds. The van der Waals surface area contributed by atoms with Crippen molar-refractivity contribution in [1.29, 1.82) is 0 Å². The Morgan fingerprint density at radius 3 is 2.62 bits per heavy atom. The predicted molar refractivity (Wildman–Crippen MR) is 152 cm³/mol. The first-order valence-electron chi connectivity index (χ1n) is 13.4. The fourth-order valence-corrected chi connectivity index (χ4v) is 5.65. The fraction of sp³-hybridized carbons (Fsp3) is 0.500. The lowest BCUT2D eigenvalue weighted by molar-refractivity contribution is -0.129. The Morgan fingerprint density at radius 1 is 1.23 bits per heavy atom. The first-order valence-corrected chi connectivity index (χ1v) is 14.2. The van der Waals surface area contributed by atoms with Crippen LogP contribution in [0.25, 0.3) is 22.4 Å². The van der Waals surface area contributed by atoms with Gasteiger partial charge in [0.25, 0.3) is 0 Å². The number of likely N-dealkylation sites (tertiary alicyclic amines) is 1. The van der Waals surface area contributed by atoms with Crippen LogP contribution in [0.2, 0.25) is 0 Å². The van der Waals surface area contributed by atoms with E-state index in [0.29, 0.717) is 43.6 Å². The van der Waals surface area contributed by atoms with Crippen LogP contribution in [0.3, 0.4) is 0 Å². The SMILES string of the molecule is CC(=O)N1CCC(NCCO)CC1.CC(C)(O)Cn1cc(-c2ccc3c(c2)OCCc2sc(C(=O)O)nc2-3)cn1. The number of hydrogen-bond donors (Lipinski definition) is 4. The molecule has 2 aliphatic heterocycles. The zero-order valence-electron chi connectivity index (χ0n) is 23.1. The number of carbonyl (C=O) groups is 2. The molecule has 2 aromatic heterocycles. The summed E-state index contributed by atoms with van der Waals surface area (Å²) in [5.41, 5.74) is 2.50. The lowest BCUT2D eigenvalue weighted by Crippen LogP contribution is -2.44. The summed E-state index contributed by atoms with van der Waals surface area (Å²) in [7, 11) is 0. The first-order chi connectivity index (χ1) is 19.0. The van der Waals surface area contributed by atoms with E-state index in [1.54, 1.807) is 31.6 Å². The smallest absolute Gasteiger partial charge is 0.365 e. The third kappa shape index (κ3) is 7.66. The van der Waals surface area contributed by atoms with Crippen LogP contribution >= 0.6 is 11.3 Å². The first kappa shape index (κ1) is 29.7. The number of ether oxygens (including phenoxy) is 1. The summed E-state index contributed by atoms with van der Waals surface area (Å²) in [4.78, 5) is 29.3. The summed E-state index contributed by atoms with van der Waals surface area (Å²) in [5, 5.41) is 35.4. The van der Waals surface area contributed by atoms with Gasteiger partial charge in [0.05, 0.1) is 37.3 Å². The van der Waals surface area contributed by atoms with Crippen LogP contribution in [0.4, 0.5) is 0 Å². The zero-order chi connectivity index (χ0) is 28.9. The Bertz CT molecular complexity index is 1320. The van der Waals surface area contributed by atoms with E-state index in [2.05, 4.69) is 15.4 Å². The number of nitrogens with zero attached hydrogens (tertiary/aromatic N) is 4. The molecule has 0 aliphatic carbocycles. The lowest BCUT2D eigenvalue weighted by Gasteiger charge is -2.31. The summed E-state index contributed by atoms with van der Waals surface area (Å²) in [6.45, 7) is 8.50. The average molecular weight is 572 g/mol. The normalized spacial score (nSPS) is 15.3. The van der Waals surface area contributed by atoms with Crippen molar-refractivity contribution < 1.29 is 29.6 Å². The third-order valence-electron chi connectivity index (χ3n) is 6.70. The van der Waals surface area contributed by atoms with E-state index in [4.69, 9.17) is 9.84 Å². The van der Waals surface area contributed by atoms with Crippen molar-refractivity contribution in [1.82, 2.24) is 25.0 Å². The molecule has 216 valence electrons. The van der Waals surface area contributed by atoms with Gasteiger partial charge in [-0.2, -0.15) is 5.10 Å². The number of benzene rings is 1. The highest BCUT2D eigenvalue weighted by atomic mass is 32.1. The van der Waals surface area contributed by atoms with Crippen LogP contribution in [-0.4, -0.2) is 91.4 Å². The van der Waals surface area contributed by atoms with Gasteiger partial charge >= 0.3 is 5.97 Å². The highest BCUT2D eigenvalue weighted by molar-refractivity contribution is 7.14. The molecule has 4 heterocycles. The van der Waals surface area contributed by atoms with E-state index >= 15 is 0 Å². The number of carbonyl (C=O) groups excluding carboxylic acids is 1. The summed E-state index contributed by atoms with van der Waals surface area (Å²) >= 11 is 1.20. The molecule has 0 spiro atoms. The lowest BCUT2D eigenvalue weighted by atomic mass is 10.0. The number of carboxylic acid groups (broad SMARTS) is 1. The minimum Gasteiger partial charge on any atom is -0.492 e. The number of piperidine rings is 1. The largest absolute Gasteiger partial charge is 0.492 e. The molecule has 0 saturated carbocycles. The Morgan fingerprint density at radius 2 is 1.98 bits per heavy atom. The molecule has 1 saturated heterocycles. The molecule has 4 N–H and O–H groups in total. The number of aromatic carboxylic acids is 1. The molecular weight excluding hydrogens is 534 g/mol. The minimum atomic E-state index is -1.01. The van der Waals surface area contributed by atoms with E-state index in [9.17, 15) is 19.8 Å². The molecule has 0 bridgehead atoms. The number of amides is 1. The Kier molecular flexibility index (Phi) is 9.56. The molecule has 40 heavy (non-hydrogen) atoms. The van der Waals surface area contributed by atoms with Crippen molar-refractivity contribution in [3.8, 4) is 28.1 Å². The van der Waals surface area contributed by atoms with Crippen molar-refractivity contribution in [3.05, 3.63) is 40.5 Å². The number of thiazole rings is 1. The number of hydrogen-bond acceptors (Lipinski definition) is 9. The number of fused-ring (bicyclic) bond motifs is 3. The van der Waals surface area contributed by atoms with Crippen molar-refractivity contribution in [2.24, 2.45) is 0 Å². The van der Waals surface area contributed by atoms with Crippen LogP contribution < -0.4 is 10.1 Å². The van der Waals surface area contributed by atoms with Crippen molar-refractivity contribution in [3.63, 3.8) is 0 Å². The number of aliphatic hydroxyl groups excluding tert-OH is 1. The van der Waals surface area contributed by atoms with Crippen LogP contribution in [-0.2, 0) is 17.8 Å². The van der Waals surface area contributed by atoms with E-state index < -0.39 is 11.6 Å². The maximum atomic E-state index is 11.2. The van der Waals surface area contributed by atoms with Gasteiger partial charge in [0.2, 0.25) is 10.9 Å². The molecule has 11 nitrogen and oxygen atoms in total. The second-order valence-corrected chi connectivity index (χ2v) is 11.7. The number of nitrogens with one attached hydrogen (secondary N) is 1. The van der Waals surface area contributed by atoms with Crippen LogP contribution in [0.5, 0.6) is 5.75 Å². The molecule has 12 heteroatoms. The second kappa shape index (κ2) is 12.9. The van der Waals surface area contributed by atoms with Gasteiger partial charge < -0.3 is 30.3 Å². The maximum Gasteiger partial charge on any atom is 0.365 e. The Labute approximate surface area is 237 Å². The second-order valence-electron chi connectivity index (χ2n) is 10.6. The number of rotatable bonds is 7. The Balaban J connectivity index is 0.000000240. The molecule has 0 radical (unpaired) electrons. The molecule has 1 aromatic carbocycles. The van der Waals surface area contributed by atoms with Gasteiger partial charge in [-0.3, -0.25) is 9.48 Å². The molecule has 3 aromatic rings. The predicted octanol–water partition coefficient (Wildman–Crippen LogP) is 2.66.